The number of hydrogen-bond acceptors (Lipinski definition) is 8. The standard InChI is InChI=1S/C18H14N2O6S/c1-24-16(21)10-6-11(17(22)25-2)8-12(7-10)26-18(23)14-9-13(19-20-14)15-4-3-5-27-15/h3-9H,1-2H3,(H,19,20). The van der Waals surface area contributed by atoms with Crippen LogP contribution in [0.4, 0.5) is 0 Å². The molecular formula is C18H14N2O6S. The van der Waals surface area contributed by atoms with Crippen molar-refractivity contribution in [2.24, 2.45) is 0 Å². The summed E-state index contributed by atoms with van der Waals surface area (Å²) in [6.45, 7) is 0. The highest BCUT2D eigenvalue weighted by atomic mass is 32.1. The SMILES string of the molecule is COC(=O)c1cc(OC(=O)c2cc(-c3cccs3)[nH]n2)cc(C(=O)OC)c1. The van der Waals surface area contributed by atoms with E-state index in [-0.39, 0.29) is 22.6 Å². The number of hydrogen-bond donors (Lipinski definition) is 1. The highest BCUT2D eigenvalue weighted by Crippen LogP contribution is 2.24. The van der Waals surface area contributed by atoms with Gasteiger partial charge in [0.1, 0.15) is 5.75 Å². The molecule has 0 saturated carbocycles. The third kappa shape index (κ3) is 4.04. The van der Waals surface area contributed by atoms with Crippen LogP contribution in [0.25, 0.3) is 10.6 Å². The molecule has 138 valence electrons. The minimum Gasteiger partial charge on any atom is -0.465 e. The van der Waals surface area contributed by atoms with Gasteiger partial charge in [-0.2, -0.15) is 5.10 Å². The number of benzene rings is 1. The van der Waals surface area contributed by atoms with Crippen LogP contribution in [0.3, 0.4) is 0 Å². The topological polar surface area (TPSA) is 108 Å². The number of aromatic amines is 1. The Morgan fingerprint density at radius 1 is 0.963 bits per heavy atom. The summed E-state index contributed by atoms with van der Waals surface area (Å²) in [6.07, 6.45) is 0. The molecular weight excluding hydrogens is 372 g/mol. The fourth-order valence-corrected chi connectivity index (χ4v) is 2.97. The highest BCUT2D eigenvalue weighted by Gasteiger charge is 2.18. The third-order valence-corrected chi connectivity index (χ3v) is 4.44. The number of H-pyrrole nitrogens is 1. The average Bonchev–Trinajstić information content (AvgIpc) is 3.37. The molecule has 0 aliphatic rings. The largest absolute Gasteiger partial charge is 0.465 e. The number of nitrogens with one attached hydrogen (secondary N) is 1. The van der Waals surface area contributed by atoms with E-state index in [1.807, 2.05) is 17.5 Å². The lowest BCUT2D eigenvalue weighted by molar-refractivity contribution is 0.0593. The van der Waals surface area contributed by atoms with Crippen molar-refractivity contribution in [3.63, 3.8) is 0 Å². The number of thiophene rings is 1. The zero-order valence-electron chi connectivity index (χ0n) is 14.3. The Morgan fingerprint density at radius 2 is 1.63 bits per heavy atom. The quantitative estimate of drug-likeness (QED) is 0.530. The summed E-state index contributed by atoms with van der Waals surface area (Å²) in [4.78, 5) is 36.9. The zero-order valence-corrected chi connectivity index (χ0v) is 15.2. The zero-order chi connectivity index (χ0) is 19.4. The van der Waals surface area contributed by atoms with Crippen LogP contribution in [0.15, 0.2) is 41.8 Å². The first-order chi connectivity index (χ1) is 13.0. The van der Waals surface area contributed by atoms with E-state index >= 15 is 0 Å². The molecule has 1 N–H and O–H groups in total. The predicted molar refractivity (Wildman–Crippen MR) is 96.0 cm³/mol. The Hall–Kier alpha value is -3.46. The molecule has 0 spiro atoms. The lowest BCUT2D eigenvalue weighted by atomic mass is 10.1. The van der Waals surface area contributed by atoms with Crippen LogP contribution in [-0.2, 0) is 9.47 Å². The van der Waals surface area contributed by atoms with Gasteiger partial charge in [-0.15, -0.1) is 11.3 Å². The molecule has 2 heterocycles. The lowest BCUT2D eigenvalue weighted by Gasteiger charge is -2.08. The van der Waals surface area contributed by atoms with Crippen LogP contribution in [0, 0.1) is 0 Å². The molecule has 0 fully saturated rings. The van der Waals surface area contributed by atoms with Crippen LogP contribution < -0.4 is 4.74 Å². The van der Waals surface area contributed by atoms with E-state index in [2.05, 4.69) is 19.7 Å². The number of nitrogens with zero attached hydrogens (tertiary/aromatic N) is 1. The smallest absolute Gasteiger partial charge is 0.364 e. The van der Waals surface area contributed by atoms with Gasteiger partial charge in [0.15, 0.2) is 5.69 Å². The molecule has 0 aliphatic heterocycles. The first-order valence-electron chi connectivity index (χ1n) is 7.65. The van der Waals surface area contributed by atoms with Crippen molar-refractivity contribution in [3.8, 4) is 16.3 Å². The van der Waals surface area contributed by atoms with E-state index in [1.165, 1.54) is 43.8 Å². The fourth-order valence-electron chi connectivity index (χ4n) is 2.27. The minimum atomic E-state index is -0.744. The van der Waals surface area contributed by atoms with E-state index in [1.54, 1.807) is 6.07 Å². The maximum absolute atomic E-state index is 12.4. The van der Waals surface area contributed by atoms with Crippen LogP contribution in [0.1, 0.15) is 31.2 Å². The summed E-state index contributed by atoms with van der Waals surface area (Å²) in [5.41, 5.74) is 0.825. The highest BCUT2D eigenvalue weighted by molar-refractivity contribution is 7.13. The van der Waals surface area contributed by atoms with Gasteiger partial charge in [0.05, 0.1) is 35.9 Å². The Kier molecular flexibility index (Phi) is 5.32. The molecule has 0 saturated heterocycles. The molecule has 0 atom stereocenters. The molecule has 27 heavy (non-hydrogen) atoms. The summed E-state index contributed by atoms with van der Waals surface area (Å²) >= 11 is 1.49. The maximum atomic E-state index is 12.4. The third-order valence-electron chi connectivity index (χ3n) is 3.53. The van der Waals surface area contributed by atoms with Gasteiger partial charge in [-0.05, 0) is 35.7 Å². The predicted octanol–water partition coefficient (Wildman–Crippen LogP) is 2.93. The maximum Gasteiger partial charge on any atom is 0.364 e. The number of rotatable bonds is 5. The van der Waals surface area contributed by atoms with Crippen molar-refractivity contribution in [2.75, 3.05) is 14.2 Å². The molecule has 8 nitrogen and oxygen atoms in total. The number of carbonyl (C=O) groups is 3. The molecule has 0 unspecified atom stereocenters. The van der Waals surface area contributed by atoms with Crippen LogP contribution in [0.2, 0.25) is 0 Å². The average molecular weight is 386 g/mol. The van der Waals surface area contributed by atoms with Gasteiger partial charge < -0.3 is 14.2 Å². The van der Waals surface area contributed by atoms with E-state index in [9.17, 15) is 14.4 Å². The summed E-state index contributed by atoms with van der Waals surface area (Å²) in [5.74, 6) is -2.12. The number of carbonyl (C=O) groups excluding carboxylic acids is 3. The lowest BCUT2D eigenvalue weighted by Crippen LogP contribution is -2.12. The summed E-state index contributed by atoms with van der Waals surface area (Å²) in [7, 11) is 2.41. The Bertz CT molecular complexity index is 959. The van der Waals surface area contributed by atoms with Gasteiger partial charge in [0, 0.05) is 0 Å². The number of methoxy groups -OCH3 is 2. The van der Waals surface area contributed by atoms with Crippen LogP contribution in [0.5, 0.6) is 5.75 Å². The molecule has 1 aromatic carbocycles. The second kappa shape index (κ2) is 7.83. The van der Waals surface area contributed by atoms with Gasteiger partial charge >= 0.3 is 17.9 Å². The normalized spacial score (nSPS) is 10.3. The first-order valence-corrected chi connectivity index (χ1v) is 8.53. The van der Waals surface area contributed by atoms with Crippen molar-refractivity contribution in [2.45, 2.75) is 0 Å². The molecule has 0 aliphatic carbocycles. The van der Waals surface area contributed by atoms with Crippen LogP contribution in [-0.4, -0.2) is 42.3 Å². The Morgan fingerprint density at radius 3 is 2.19 bits per heavy atom. The number of esters is 3. The van der Waals surface area contributed by atoms with E-state index in [0.29, 0.717) is 5.69 Å². The van der Waals surface area contributed by atoms with Crippen molar-refractivity contribution < 1.29 is 28.6 Å². The van der Waals surface area contributed by atoms with Crippen molar-refractivity contribution in [1.29, 1.82) is 0 Å². The van der Waals surface area contributed by atoms with Gasteiger partial charge in [0.2, 0.25) is 0 Å². The molecule has 0 radical (unpaired) electrons. The van der Waals surface area contributed by atoms with E-state index in [0.717, 1.165) is 4.88 Å². The molecule has 3 aromatic rings. The van der Waals surface area contributed by atoms with E-state index in [4.69, 9.17) is 4.74 Å². The van der Waals surface area contributed by atoms with Crippen molar-refractivity contribution in [3.05, 3.63) is 58.6 Å². The molecule has 0 amide bonds. The Labute approximate surface area is 157 Å². The minimum absolute atomic E-state index is 0.0102. The van der Waals surface area contributed by atoms with Gasteiger partial charge in [0.25, 0.3) is 0 Å². The number of ether oxygens (including phenoxy) is 3. The van der Waals surface area contributed by atoms with Crippen LogP contribution >= 0.6 is 11.3 Å². The summed E-state index contributed by atoms with van der Waals surface area (Å²) in [5, 5.41) is 8.61. The first kappa shape index (κ1) is 18.3. The van der Waals surface area contributed by atoms with Gasteiger partial charge in [-0.25, -0.2) is 14.4 Å². The number of aromatic nitrogens is 2. The summed E-state index contributed by atoms with van der Waals surface area (Å²) in [6, 6.07) is 9.20. The molecule has 9 heteroatoms. The van der Waals surface area contributed by atoms with Crippen molar-refractivity contribution >= 4 is 29.2 Å². The van der Waals surface area contributed by atoms with Gasteiger partial charge in [-0.3, -0.25) is 5.10 Å². The fraction of sp³-hybridized carbons (Fsp3) is 0.111. The second-order valence-corrected chi connectivity index (χ2v) is 6.21. The molecule has 2 aromatic heterocycles. The van der Waals surface area contributed by atoms with Gasteiger partial charge in [-0.1, -0.05) is 6.07 Å². The van der Waals surface area contributed by atoms with Crippen molar-refractivity contribution in [1.82, 2.24) is 10.2 Å². The second-order valence-electron chi connectivity index (χ2n) is 5.26. The monoisotopic (exact) mass is 386 g/mol. The molecule has 0 bridgehead atoms. The summed E-state index contributed by atoms with van der Waals surface area (Å²) < 4.78 is 14.6. The Balaban J connectivity index is 1.86. The molecule has 3 rings (SSSR count). The van der Waals surface area contributed by atoms with E-state index < -0.39 is 17.9 Å².